The van der Waals surface area contributed by atoms with E-state index in [-0.39, 0.29) is 11.4 Å². The Morgan fingerprint density at radius 2 is 1.95 bits per heavy atom. The first-order chi connectivity index (χ1) is 9.82. The minimum atomic E-state index is -3.54. The Bertz CT molecular complexity index is 648. The number of carbonyl (C=O) groups is 1. The van der Waals surface area contributed by atoms with Crippen molar-refractivity contribution in [3.63, 3.8) is 0 Å². The van der Waals surface area contributed by atoms with E-state index < -0.39 is 16.1 Å². The Kier molecular flexibility index (Phi) is 4.90. The van der Waals surface area contributed by atoms with E-state index in [9.17, 15) is 13.2 Å². The van der Waals surface area contributed by atoms with Crippen LogP contribution in [0.5, 0.6) is 0 Å². The Labute approximate surface area is 133 Å². The van der Waals surface area contributed by atoms with E-state index in [0.29, 0.717) is 26.1 Å². The summed E-state index contributed by atoms with van der Waals surface area (Å²) in [6, 6.07) is 4.46. The molecule has 116 valence electrons. The molecule has 0 aliphatic carbocycles. The van der Waals surface area contributed by atoms with Crippen molar-refractivity contribution < 1.29 is 13.2 Å². The smallest absolute Gasteiger partial charge is 0.314 e. The maximum atomic E-state index is 12.7. The second-order valence-corrected chi connectivity index (χ2v) is 7.79. The van der Waals surface area contributed by atoms with Crippen LogP contribution in [0.15, 0.2) is 27.6 Å². The molecule has 6 nitrogen and oxygen atoms in total. The van der Waals surface area contributed by atoms with Crippen LogP contribution >= 0.6 is 15.9 Å². The molecule has 2 rings (SSSR count). The quantitative estimate of drug-likeness (QED) is 0.850. The average molecular weight is 376 g/mol. The van der Waals surface area contributed by atoms with Gasteiger partial charge in [-0.05, 0) is 37.1 Å². The van der Waals surface area contributed by atoms with Gasteiger partial charge in [-0.3, -0.25) is 0 Å². The minimum absolute atomic E-state index is 0.264. The van der Waals surface area contributed by atoms with Crippen LogP contribution in [0.1, 0.15) is 12.0 Å². The first-order valence-electron chi connectivity index (χ1n) is 6.63. The summed E-state index contributed by atoms with van der Waals surface area (Å²) in [5.74, 6) is 0. The van der Waals surface area contributed by atoms with Gasteiger partial charge in [0, 0.05) is 30.7 Å². The van der Waals surface area contributed by atoms with Gasteiger partial charge in [0.05, 0.1) is 4.90 Å². The maximum absolute atomic E-state index is 12.7. The standard InChI is InChI=1S/C13H18BrN3O3S/c1-10-9-11(3-4-12(10)14)21(19,20)17-6-2-5-16(7-8-17)13(15)18/h3-4,9H,2,5-8H2,1H3,(H2,15,18). The van der Waals surface area contributed by atoms with Gasteiger partial charge in [-0.15, -0.1) is 0 Å². The summed E-state index contributed by atoms with van der Waals surface area (Å²) in [6.45, 7) is 3.31. The van der Waals surface area contributed by atoms with Gasteiger partial charge in [0.2, 0.25) is 10.0 Å². The van der Waals surface area contributed by atoms with Crippen molar-refractivity contribution in [2.75, 3.05) is 26.2 Å². The molecule has 1 heterocycles. The number of amides is 2. The van der Waals surface area contributed by atoms with Gasteiger partial charge >= 0.3 is 6.03 Å². The van der Waals surface area contributed by atoms with Crippen LogP contribution in [0.25, 0.3) is 0 Å². The molecular weight excluding hydrogens is 358 g/mol. The fraction of sp³-hybridized carbons (Fsp3) is 0.462. The van der Waals surface area contributed by atoms with Crippen molar-refractivity contribution in [1.82, 2.24) is 9.21 Å². The van der Waals surface area contributed by atoms with Gasteiger partial charge in [0.15, 0.2) is 0 Å². The van der Waals surface area contributed by atoms with Crippen LogP contribution in [0, 0.1) is 6.92 Å². The third-order valence-corrected chi connectivity index (χ3v) is 6.32. The van der Waals surface area contributed by atoms with Gasteiger partial charge < -0.3 is 10.6 Å². The monoisotopic (exact) mass is 375 g/mol. The highest BCUT2D eigenvalue weighted by atomic mass is 79.9. The SMILES string of the molecule is Cc1cc(S(=O)(=O)N2CCCN(C(N)=O)CC2)ccc1Br. The summed E-state index contributed by atoms with van der Waals surface area (Å²) >= 11 is 3.36. The Morgan fingerprint density at radius 1 is 1.24 bits per heavy atom. The second-order valence-electron chi connectivity index (χ2n) is 4.99. The summed E-state index contributed by atoms with van der Waals surface area (Å²) in [5.41, 5.74) is 6.12. The number of sulfonamides is 1. The summed E-state index contributed by atoms with van der Waals surface area (Å²) in [7, 11) is -3.54. The molecule has 0 spiro atoms. The third-order valence-electron chi connectivity index (χ3n) is 3.53. The molecule has 0 aromatic heterocycles. The zero-order chi connectivity index (χ0) is 15.6. The largest absolute Gasteiger partial charge is 0.351 e. The number of halogens is 1. The fourth-order valence-corrected chi connectivity index (χ4v) is 4.08. The fourth-order valence-electron chi connectivity index (χ4n) is 2.28. The van der Waals surface area contributed by atoms with E-state index in [1.807, 2.05) is 6.92 Å². The minimum Gasteiger partial charge on any atom is -0.351 e. The number of nitrogens with two attached hydrogens (primary N) is 1. The highest BCUT2D eigenvalue weighted by Gasteiger charge is 2.27. The molecule has 1 aromatic carbocycles. The van der Waals surface area contributed by atoms with Crippen LogP contribution in [0.4, 0.5) is 4.79 Å². The molecule has 2 amide bonds. The number of nitrogens with zero attached hydrogens (tertiary/aromatic N) is 2. The van der Waals surface area contributed by atoms with E-state index in [2.05, 4.69) is 15.9 Å². The Balaban J connectivity index is 2.23. The van der Waals surface area contributed by atoms with Crippen molar-refractivity contribution in [2.24, 2.45) is 5.73 Å². The molecular formula is C13H18BrN3O3S. The first kappa shape index (κ1) is 16.3. The van der Waals surface area contributed by atoms with Crippen LogP contribution in [-0.4, -0.2) is 49.8 Å². The molecule has 1 saturated heterocycles. The molecule has 0 bridgehead atoms. The summed E-state index contributed by atoms with van der Waals surface area (Å²) in [5, 5.41) is 0. The zero-order valence-electron chi connectivity index (χ0n) is 11.8. The summed E-state index contributed by atoms with van der Waals surface area (Å²) in [6.07, 6.45) is 0.581. The van der Waals surface area contributed by atoms with Crippen LogP contribution in [-0.2, 0) is 10.0 Å². The highest BCUT2D eigenvalue weighted by Crippen LogP contribution is 2.23. The van der Waals surface area contributed by atoms with E-state index in [4.69, 9.17) is 5.73 Å². The molecule has 8 heteroatoms. The van der Waals surface area contributed by atoms with E-state index in [1.165, 1.54) is 9.21 Å². The van der Waals surface area contributed by atoms with E-state index in [1.54, 1.807) is 18.2 Å². The number of rotatable bonds is 2. The van der Waals surface area contributed by atoms with Gasteiger partial charge in [-0.2, -0.15) is 4.31 Å². The van der Waals surface area contributed by atoms with Crippen molar-refractivity contribution in [3.05, 3.63) is 28.2 Å². The average Bonchev–Trinajstić information content (AvgIpc) is 2.68. The molecule has 1 aromatic rings. The van der Waals surface area contributed by atoms with Crippen molar-refractivity contribution in [3.8, 4) is 0 Å². The van der Waals surface area contributed by atoms with Gasteiger partial charge in [0.1, 0.15) is 0 Å². The molecule has 1 fully saturated rings. The van der Waals surface area contributed by atoms with E-state index in [0.717, 1.165) is 10.0 Å². The van der Waals surface area contributed by atoms with Crippen molar-refractivity contribution in [1.29, 1.82) is 0 Å². The molecule has 1 aliphatic heterocycles. The topological polar surface area (TPSA) is 83.7 Å². The highest BCUT2D eigenvalue weighted by molar-refractivity contribution is 9.10. The van der Waals surface area contributed by atoms with Gasteiger partial charge in [-0.25, -0.2) is 13.2 Å². The first-order valence-corrected chi connectivity index (χ1v) is 8.86. The van der Waals surface area contributed by atoms with Gasteiger partial charge in [-0.1, -0.05) is 15.9 Å². The number of urea groups is 1. The lowest BCUT2D eigenvalue weighted by atomic mass is 10.2. The van der Waals surface area contributed by atoms with Crippen LogP contribution in [0.3, 0.4) is 0 Å². The summed E-state index contributed by atoms with van der Waals surface area (Å²) < 4.78 is 27.6. The maximum Gasteiger partial charge on any atom is 0.314 e. The molecule has 1 aliphatic rings. The number of hydrogen-bond acceptors (Lipinski definition) is 3. The number of aryl methyl sites for hydroxylation is 1. The lowest BCUT2D eigenvalue weighted by Gasteiger charge is -2.21. The number of benzene rings is 1. The summed E-state index contributed by atoms with van der Waals surface area (Å²) in [4.78, 5) is 12.9. The Hall–Kier alpha value is -1.12. The Morgan fingerprint density at radius 3 is 2.57 bits per heavy atom. The zero-order valence-corrected chi connectivity index (χ0v) is 14.2. The van der Waals surface area contributed by atoms with Crippen LogP contribution < -0.4 is 5.73 Å². The van der Waals surface area contributed by atoms with Crippen LogP contribution in [0.2, 0.25) is 0 Å². The third kappa shape index (κ3) is 3.56. The molecule has 0 unspecified atom stereocenters. The molecule has 21 heavy (non-hydrogen) atoms. The van der Waals surface area contributed by atoms with Crippen molar-refractivity contribution in [2.45, 2.75) is 18.2 Å². The lowest BCUT2D eigenvalue weighted by Crippen LogP contribution is -2.39. The molecule has 0 radical (unpaired) electrons. The molecule has 2 N–H and O–H groups in total. The molecule has 0 saturated carbocycles. The van der Waals surface area contributed by atoms with Gasteiger partial charge in [0.25, 0.3) is 0 Å². The van der Waals surface area contributed by atoms with E-state index >= 15 is 0 Å². The lowest BCUT2D eigenvalue weighted by molar-refractivity contribution is 0.210. The number of primary amides is 1. The predicted molar refractivity (Wildman–Crippen MR) is 83.4 cm³/mol. The number of hydrogen-bond donors (Lipinski definition) is 1. The van der Waals surface area contributed by atoms with Crippen molar-refractivity contribution >= 4 is 32.0 Å². The normalized spacial score (nSPS) is 17.5. The molecule has 0 atom stereocenters. The second kappa shape index (κ2) is 6.33. The number of carbonyl (C=O) groups excluding carboxylic acids is 1. The predicted octanol–water partition coefficient (Wildman–Crippen LogP) is 1.53.